The van der Waals surface area contributed by atoms with Crippen LogP contribution in [-0.2, 0) is 19.3 Å². The van der Waals surface area contributed by atoms with Crippen molar-refractivity contribution >= 4 is 0 Å². The Labute approximate surface area is 127 Å². The molecule has 1 N–H and O–H groups in total. The van der Waals surface area contributed by atoms with Gasteiger partial charge >= 0.3 is 0 Å². The van der Waals surface area contributed by atoms with E-state index in [1.807, 2.05) is 16.9 Å². The van der Waals surface area contributed by atoms with Crippen LogP contribution in [0.25, 0.3) is 5.82 Å². The van der Waals surface area contributed by atoms with Gasteiger partial charge in [0.25, 0.3) is 0 Å². The van der Waals surface area contributed by atoms with Gasteiger partial charge in [0.1, 0.15) is 0 Å². The van der Waals surface area contributed by atoms with Crippen molar-refractivity contribution in [2.75, 3.05) is 13.1 Å². The molecular formula is C17H26N4. The molecule has 0 aliphatic rings. The fourth-order valence-corrected chi connectivity index (χ4v) is 2.69. The molecule has 2 aromatic rings. The molecule has 4 heteroatoms. The van der Waals surface area contributed by atoms with Gasteiger partial charge in [-0.3, -0.25) is 0 Å². The van der Waals surface area contributed by atoms with E-state index in [2.05, 4.69) is 44.1 Å². The molecule has 21 heavy (non-hydrogen) atoms. The lowest BCUT2D eigenvalue weighted by Gasteiger charge is -2.08. The van der Waals surface area contributed by atoms with Gasteiger partial charge in [-0.2, -0.15) is 5.10 Å². The zero-order valence-corrected chi connectivity index (χ0v) is 13.6. The Kier molecular flexibility index (Phi) is 5.51. The Bertz CT molecular complexity index is 586. The van der Waals surface area contributed by atoms with Crippen molar-refractivity contribution in [3.8, 4) is 5.82 Å². The molecule has 0 bridgehead atoms. The maximum absolute atomic E-state index is 4.82. The van der Waals surface area contributed by atoms with Gasteiger partial charge in [-0.25, -0.2) is 9.67 Å². The van der Waals surface area contributed by atoms with E-state index in [0.717, 1.165) is 38.2 Å². The van der Waals surface area contributed by atoms with Crippen molar-refractivity contribution in [1.82, 2.24) is 20.1 Å². The number of rotatable bonds is 7. The molecule has 0 atom stereocenters. The van der Waals surface area contributed by atoms with E-state index < -0.39 is 0 Å². The molecule has 0 aliphatic carbocycles. The lowest BCUT2D eigenvalue weighted by molar-refractivity contribution is 0.708. The van der Waals surface area contributed by atoms with E-state index in [4.69, 9.17) is 5.10 Å². The third-order valence-electron chi connectivity index (χ3n) is 3.76. The molecule has 2 heterocycles. The lowest BCUT2D eigenvalue weighted by Crippen LogP contribution is -2.17. The fraction of sp³-hybridized carbons (Fsp3) is 0.529. The molecule has 0 saturated heterocycles. The van der Waals surface area contributed by atoms with E-state index in [-0.39, 0.29) is 0 Å². The summed E-state index contributed by atoms with van der Waals surface area (Å²) < 4.78 is 2.03. The summed E-state index contributed by atoms with van der Waals surface area (Å²) in [6.45, 7) is 10.6. The molecule has 0 saturated carbocycles. The minimum Gasteiger partial charge on any atom is -0.317 e. The second-order valence-electron chi connectivity index (χ2n) is 5.29. The highest BCUT2D eigenvalue weighted by Gasteiger charge is 2.16. The van der Waals surface area contributed by atoms with Gasteiger partial charge in [0, 0.05) is 11.9 Å². The molecule has 0 amide bonds. The second kappa shape index (κ2) is 7.36. The number of aryl methyl sites for hydroxylation is 2. The van der Waals surface area contributed by atoms with Gasteiger partial charge in [-0.15, -0.1) is 0 Å². The van der Waals surface area contributed by atoms with Crippen LogP contribution in [0.15, 0.2) is 18.3 Å². The van der Waals surface area contributed by atoms with E-state index in [1.54, 1.807) is 0 Å². The highest BCUT2D eigenvalue weighted by atomic mass is 15.3. The van der Waals surface area contributed by atoms with Crippen molar-refractivity contribution in [2.45, 2.75) is 47.0 Å². The average molecular weight is 286 g/mol. The Morgan fingerprint density at radius 2 is 2.00 bits per heavy atom. The molecule has 0 unspecified atom stereocenters. The maximum Gasteiger partial charge on any atom is 0.153 e. The number of pyridine rings is 1. The predicted molar refractivity (Wildman–Crippen MR) is 87.1 cm³/mol. The zero-order chi connectivity index (χ0) is 15.2. The first-order valence-corrected chi connectivity index (χ1v) is 7.94. The SMILES string of the molecule is CCNCCc1c(CC)nn(-c2cc(C)ccn2)c1CC. The first kappa shape index (κ1) is 15.7. The van der Waals surface area contributed by atoms with Gasteiger partial charge in [0.2, 0.25) is 0 Å². The minimum absolute atomic E-state index is 0.927. The van der Waals surface area contributed by atoms with Crippen LogP contribution < -0.4 is 5.32 Å². The minimum atomic E-state index is 0.927. The van der Waals surface area contributed by atoms with Crippen LogP contribution in [0, 0.1) is 6.92 Å². The summed E-state index contributed by atoms with van der Waals surface area (Å²) in [5.41, 5.74) is 5.10. The van der Waals surface area contributed by atoms with E-state index in [9.17, 15) is 0 Å². The van der Waals surface area contributed by atoms with Crippen LogP contribution >= 0.6 is 0 Å². The van der Waals surface area contributed by atoms with Crippen molar-refractivity contribution < 1.29 is 0 Å². The number of hydrogen-bond acceptors (Lipinski definition) is 3. The second-order valence-corrected chi connectivity index (χ2v) is 5.29. The van der Waals surface area contributed by atoms with Gasteiger partial charge in [-0.05, 0) is 62.5 Å². The number of likely N-dealkylation sites (N-methyl/N-ethyl adjacent to an activating group) is 1. The van der Waals surface area contributed by atoms with Gasteiger partial charge in [0.05, 0.1) is 5.69 Å². The lowest BCUT2D eigenvalue weighted by atomic mass is 10.1. The Morgan fingerprint density at radius 1 is 1.19 bits per heavy atom. The van der Waals surface area contributed by atoms with Gasteiger partial charge in [-0.1, -0.05) is 20.8 Å². The first-order chi connectivity index (χ1) is 10.2. The van der Waals surface area contributed by atoms with Crippen LogP contribution in [0.3, 0.4) is 0 Å². The van der Waals surface area contributed by atoms with E-state index in [0.29, 0.717) is 0 Å². The summed E-state index contributed by atoms with van der Waals surface area (Å²) in [5, 5.41) is 8.22. The van der Waals surface area contributed by atoms with Gasteiger partial charge < -0.3 is 5.32 Å². The average Bonchev–Trinajstić information content (AvgIpc) is 2.85. The summed E-state index contributed by atoms with van der Waals surface area (Å²) in [4.78, 5) is 4.49. The third-order valence-corrected chi connectivity index (χ3v) is 3.76. The first-order valence-electron chi connectivity index (χ1n) is 7.94. The smallest absolute Gasteiger partial charge is 0.153 e. The van der Waals surface area contributed by atoms with Crippen LogP contribution in [0.5, 0.6) is 0 Å². The van der Waals surface area contributed by atoms with Crippen molar-refractivity contribution in [3.63, 3.8) is 0 Å². The largest absolute Gasteiger partial charge is 0.317 e. The summed E-state index contributed by atoms with van der Waals surface area (Å²) in [7, 11) is 0. The van der Waals surface area contributed by atoms with Gasteiger partial charge in [0.15, 0.2) is 5.82 Å². The number of aromatic nitrogens is 3. The monoisotopic (exact) mass is 286 g/mol. The van der Waals surface area contributed by atoms with E-state index >= 15 is 0 Å². The summed E-state index contributed by atoms with van der Waals surface area (Å²) in [6.07, 6.45) is 4.83. The summed E-state index contributed by atoms with van der Waals surface area (Å²) in [5.74, 6) is 0.927. The van der Waals surface area contributed by atoms with Crippen molar-refractivity contribution in [2.24, 2.45) is 0 Å². The standard InChI is InChI=1S/C17H26N4/c1-5-15-14(9-10-18-7-3)16(6-2)21(20-15)17-12-13(4)8-11-19-17/h8,11-12,18H,5-7,9-10H2,1-4H3. The van der Waals surface area contributed by atoms with Crippen LogP contribution in [0.1, 0.15) is 43.3 Å². The molecule has 0 aliphatic heterocycles. The number of hydrogen-bond donors (Lipinski definition) is 1. The molecule has 0 aromatic carbocycles. The number of nitrogens with zero attached hydrogens (tertiary/aromatic N) is 3. The fourth-order valence-electron chi connectivity index (χ4n) is 2.69. The Hall–Kier alpha value is -1.68. The maximum atomic E-state index is 4.82. The number of nitrogens with one attached hydrogen (secondary N) is 1. The molecule has 0 radical (unpaired) electrons. The predicted octanol–water partition coefficient (Wildman–Crippen LogP) is 2.85. The molecule has 0 fully saturated rings. The zero-order valence-electron chi connectivity index (χ0n) is 13.6. The quantitative estimate of drug-likeness (QED) is 0.796. The highest BCUT2D eigenvalue weighted by Crippen LogP contribution is 2.20. The van der Waals surface area contributed by atoms with Crippen molar-refractivity contribution in [1.29, 1.82) is 0 Å². The highest BCUT2D eigenvalue weighted by molar-refractivity contribution is 5.35. The Balaban J connectivity index is 2.42. The molecule has 2 aromatic heterocycles. The van der Waals surface area contributed by atoms with Crippen LogP contribution in [0.2, 0.25) is 0 Å². The molecule has 4 nitrogen and oxygen atoms in total. The van der Waals surface area contributed by atoms with Crippen LogP contribution in [0.4, 0.5) is 0 Å². The van der Waals surface area contributed by atoms with Crippen molar-refractivity contribution in [3.05, 3.63) is 40.8 Å². The third kappa shape index (κ3) is 3.50. The van der Waals surface area contributed by atoms with Crippen LogP contribution in [-0.4, -0.2) is 27.9 Å². The van der Waals surface area contributed by atoms with E-state index in [1.165, 1.54) is 22.5 Å². The topological polar surface area (TPSA) is 42.7 Å². The normalized spacial score (nSPS) is 11.0. The molecule has 2 rings (SSSR count). The molecular weight excluding hydrogens is 260 g/mol. The summed E-state index contributed by atoms with van der Waals surface area (Å²) >= 11 is 0. The molecule has 114 valence electrons. The Morgan fingerprint density at radius 3 is 2.62 bits per heavy atom. The molecule has 0 spiro atoms. The summed E-state index contributed by atoms with van der Waals surface area (Å²) in [6, 6.07) is 4.12.